The molecule has 168 valence electrons. The number of rotatable bonds is 5. The van der Waals surface area contributed by atoms with Gasteiger partial charge in [0.2, 0.25) is 10.0 Å². The maximum absolute atomic E-state index is 12.9. The van der Waals surface area contributed by atoms with Crippen LogP contribution in [0, 0.1) is 6.92 Å². The molecule has 0 bridgehead atoms. The van der Waals surface area contributed by atoms with E-state index in [4.69, 9.17) is 0 Å². The van der Waals surface area contributed by atoms with Gasteiger partial charge >= 0.3 is 6.18 Å². The number of carbonyl (C=O) groups excluding carboxylic acids is 1. The van der Waals surface area contributed by atoms with Crippen molar-refractivity contribution in [2.24, 2.45) is 0 Å². The van der Waals surface area contributed by atoms with Gasteiger partial charge in [-0.25, -0.2) is 13.4 Å². The van der Waals surface area contributed by atoms with Crippen LogP contribution in [-0.4, -0.2) is 54.7 Å². The van der Waals surface area contributed by atoms with E-state index in [-0.39, 0.29) is 42.3 Å². The highest BCUT2D eigenvalue weighted by Crippen LogP contribution is 2.28. The molecule has 1 aliphatic heterocycles. The monoisotopic (exact) mass is 455 g/mol. The Bertz CT molecular complexity index is 1050. The summed E-state index contributed by atoms with van der Waals surface area (Å²) in [6, 6.07) is 8.69. The van der Waals surface area contributed by atoms with Crippen LogP contribution in [0.3, 0.4) is 0 Å². The highest BCUT2D eigenvalue weighted by atomic mass is 32.2. The first kappa shape index (κ1) is 23.2. The zero-order valence-electron chi connectivity index (χ0n) is 17.3. The molecule has 0 atom stereocenters. The minimum Gasteiger partial charge on any atom is -0.336 e. The summed E-state index contributed by atoms with van der Waals surface area (Å²) in [6.07, 6.45) is -2.74. The topological polar surface area (TPSA) is 70.6 Å². The number of hydrogen-bond donors (Lipinski definition) is 0. The highest BCUT2D eigenvalue weighted by molar-refractivity contribution is 7.89. The van der Waals surface area contributed by atoms with E-state index in [1.807, 2.05) is 6.92 Å². The molecule has 1 aromatic carbocycles. The maximum atomic E-state index is 12.9. The predicted octanol–water partition coefficient (Wildman–Crippen LogP) is 3.51. The number of pyridine rings is 1. The summed E-state index contributed by atoms with van der Waals surface area (Å²) in [4.78, 5) is 17.9. The molecule has 1 aromatic heterocycles. The molecule has 0 saturated carbocycles. The number of amides is 1. The largest absolute Gasteiger partial charge is 0.433 e. The number of aromatic nitrogens is 1. The molecule has 3 rings (SSSR count). The van der Waals surface area contributed by atoms with Crippen LogP contribution in [0.5, 0.6) is 0 Å². The lowest BCUT2D eigenvalue weighted by Gasteiger charge is -2.34. The van der Waals surface area contributed by atoms with Crippen molar-refractivity contribution >= 4 is 15.9 Å². The molecule has 10 heteroatoms. The number of halogens is 3. The molecule has 0 radical (unpaired) electrons. The standard InChI is InChI=1S/C21H24F3N3O3S/c1-3-4-16-5-7-17(8-6-16)31(29,30)27-13-11-26(12-14-27)20(28)18-9-10-19(21(22,23)24)25-15(18)2/h5-10H,3-4,11-14H2,1-2H3. The van der Waals surface area contributed by atoms with E-state index in [2.05, 4.69) is 4.98 Å². The fourth-order valence-electron chi connectivity index (χ4n) is 3.51. The van der Waals surface area contributed by atoms with Crippen molar-refractivity contribution in [1.82, 2.24) is 14.2 Å². The predicted molar refractivity (Wildman–Crippen MR) is 109 cm³/mol. The Kier molecular flexibility index (Phi) is 6.70. The van der Waals surface area contributed by atoms with E-state index in [9.17, 15) is 26.4 Å². The van der Waals surface area contributed by atoms with Crippen LogP contribution >= 0.6 is 0 Å². The van der Waals surface area contributed by atoms with Gasteiger partial charge in [-0.2, -0.15) is 17.5 Å². The number of nitrogens with zero attached hydrogens (tertiary/aromatic N) is 3. The molecule has 0 unspecified atom stereocenters. The molecule has 6 nitrogen and oxygen atoms in total. The minimum absolute atomic E-state index is 0.0120. The number of piperazine rings is 1. The fourth-order valence-corrected chi connectivity index (χ4v) is 4.93. The van der Waals surface area contributed by atoms with E-state index in [0.717, 1.165) is 30.5 Å². The van der Waals surface area contributed by atoms with Crippen LogP contribution in [0.25, 0.3) is 0 Å². The first-order chi connectivity index (χ1) is 14.5. The number of alkyl halides is 3. The van der Waals surface area contributed by atoms with Crippen LogP contribution < -0.4 is 0 Å². The van der Waals surface area contributed by atoms with Crippen LogP contribution in [0.15, 0.2) is 41.3 Å². The Morgan fingerprint density at radius 1 is 1.03 bits per heavy atom. The number of sulfonamides is 1. The average Bonchev–Trinajstić information content (AvgIpc) is 2.73. The normalized spacial score (nSPS) is 15.8. The Morgan fingerprint density at radius 2 is 1.65 bits per heavy atom. The Labute approximate surface area is 179 Å². The maximum Gasteiger partial charge on any atom is 0.433 e. The van der Waals surface area contributed by atoms with Crippen molar-refractivity contribution in [3.63, 3.8) is 0 Å². The lowest BCUT2D eigenvalue weighted by atomic mass is 10.1. The number of benzene rings is 1. The summed E-state index contributed by atoms with van der Waals surface area (Å²) in [5, 5.41) is 0. The van der Waals surface area contributed by atoms with Gasteiger partial charge in [-0.1, -0.05) is 25.5 Å². The first-order valence-corrected chi connectivity index (χ1v) is 11.4. The second-order valence-electron chi connectivity index (χ2n) is 7.42. The van der Waals surface area contributed by atoms with Crippen LogP contribution in [0.4, 0.5) is 13.2 Å². The summed E-state index contributed by atoms with van der Waals surface area (Å²) in [5.74, 6) is -0.459. The van der Waals surface area contributed by atoms with E-state index in [1.165, 1.54) is 16.1 Å². The van der Waals surface area contributed by atoms with Gasteiger partial charge in [0.15, 0.2) is 0 Å². The highest BCUT2D eigenvalue weighted by Gasteiger charge is 2.34. The van der Waals surface area contributed by atoms with E-state index >= 15 is 0 Å². The second-order valence-corrected chi connectivity index (χ2v) is 9.36. The molecule has 2 heterocycles. The van der Waals surface area contributed by atoms with Gasteiger partial charge in [-0.3, -0.25) is 4.79 Å². The van der Waals surface area contributed by atoms with Crippen LogP contribution in [0.2, 0.25) is 0 Å². The molecule has 0 spiro atoms. The molecule has 31 heavy (non-hydrogen) atoms. The Balaban J connectivity index is 1.68. The molecular formula is C21H24F3N3O3S. The van der Waals surface area contributed by atoms with Crippen molar-refractivity contribution in [2.75, 3.05) is 26.2 Å². The van der Waals surface area contributed by atoms with Crippen molar-refractivity contribution in [3.8, 4) is 0 Å². The van der Waals surface area contributed by atoms with Crippen LogP contribution in [0.1, 0.15) is 40.7 Å². The molecule has 1 aliphatic rings. The van der Waals surface area contributed by atoms with Crippen molar-refractivity contribution < 1.29 is 26.4 Å². The number of hydrogen-bond acceptors (Lipinski definition) is 4. The van der Waals surface area contributed by atoms with Gasteiger partial charge < -0.3 is 4.90 Å². The summed E-state index contributed by atoms with van der Waals surface area (Å²) in [5.41, 5.74) is 0.0812. The molecule has 0 N–H and O–H groups in total. The summed E-state index contributed by atoms with van der Waals surface area (Å²) in [7, 11) is -3.68. The van der Waals surface area contributed by atoms with Gasteiger partial charge in [0.25, 0.3) is 5.91 Å². The van der Waals surface area contributed by atoms with E-state index < -0.39 is 27.8 Å². The summed E-state index contributed by atoms with van der Waals surface area (Å²) >= 11 is 0. The Hall–Kier alpha value is -2.46. The third kappa shape index (κ3) is 5.07. The van der Waals surface area contributed by atoms with E-state index in [0.29, 0.717) is 0 Å². The molecule has 2 aromatic rings. The van der Waals surface area contributed by atoms with Crippen LogP contribution in [-0.2, 0) is 22.6 Å². The fraction of sp³-hybridized carbons (Fsp3) is 0.429. The third-order valence-electron chi connectivity index (χ3n) is 5.23. The quantitative estimate of drug-likeness (QED) is 0.692. The Morgan fingerprint density at radius 3 is 2.16 bits per heavy atom. The van der Waals surface area contributed by atoms with Gasteiger partial charge in [0.1, 0.15) is 5.69 Å². The second kappa shape index (κ2) is 8.96. The van der Waals surface area contributed by atoms with Crippen molar-refractivity contribution in [1.29, 1.82) is 0 Å². The third-order valence-corrected chi connectivity index (χ3v) is 7.15. The molecule has 1 saturated heterocycles. The zero-order valence-corrected chi connectivity index (χ0v) is 18.1. The summed E-state index contributed by atoms with van der Waals surface area (Å²) in [6.45, 7) is 3.91. The first-order valence-electron chi connectivity index (χ1n) is 9.97. The van der Waals surface area contributed by atoms with Gasteiger partial charge in [-0.15, -0.1) is 0 Å². The lowest BCUT2D eigenvalue weighted by Crippen LogP contribution is -2.50. The van der Waals surface area contributed by atoms with Gasteiger partial charge in [0, 0.05) is 26.2 Å². The molecule has 0 aliphatic carbocycles. The molecule has 1 amide bonds. The number of aryl methyl sites for hydroxylation is 2. The zero-order chi connectivity index (χ0) is 22.8. The van der Waals surface area contributed by atoms with Gasteiger partial charge in [-0.05, 0) is 43.2 Å². The minimum atomic E-state index is -4.58. The average molecular weight is 456 g/mol. The van der Waals surface area contributed by atoms with Gasteiger partial charge in [0.05, 0.1) is 16.2 Å². The summed E-state index contributed by atoms with van der Waals surface area (Å²) < 4.78 is 65.5. The smallest absolute Gasteiger partial charge is 0.336 e. The van der Waals surface area contributed by atoms with Crippen molar-refractivity contribution in [3.05, 3.63) is 58.9 Å². The molecular weight excluding hydrogens is 431 g/mol. The number of carbonyl (C=O) groups is 1. The SMILES string of the molecule is CCCc1ccc(S(=O)(=O)N2CCN(C(=O)c3ccc(C(F)(F)F)nc3C)CC2)cc1. The molecule has 1 fully saturated rings. The van der Waals surface area contributed by atoms with Crippen molar-refractivity contribution in [2.45, 2.75) is 37.8 Å². The van der Waals surface area contributed by atoms with E-state index in [1.54, 1.807) is 24.3 Å². The lowest BCUT2D eigenvalue weighted by molar-refractivity contribution is -0.141.